The molecule has 10 heteroatoms. The van der Waals surface area contributed by atoms with Crippen molar-refractivity contribution in [1.29, 1.82) is 0 Å². The van der Waals surface area contributed by atoms with Crippen LogP contribution in [0.15, 0.2) is 48.5 Å². The van der Waals surface area contributed by atoms with Gasteiger partial charge >= 0.3 is 0 Å². The number of phenols is 3. The van der Waals surface area contributed by atoms with Gasteiger partial charge in [-0.25, -0.2) is 0 Å². The number of ketones is 1. The number of methoxy groups -OCH3 is 2. The van der Waals surface area contributed by atoms with Crippen LogP contribution in [0.1, 0.15) is 40.1 Å². The predicted molar refractivity (Wildman–Crippen MR) is 126 cm³/mol. The van der Waals surface area contributed by atoms with Gasteiger partial charge in [0.05, 0.1) is 27.2 Å². The summed E-state index contributed by atoms with van der Waals surface area (Å²) in [5.41, 5.74) is 0.912. The first kappa shape index (κ1) is 25.0. The standard InChI is InChI=1S/C26H26O10/c1-33-21-7-14(19-11-18(31)24-17(30)9-16(29)10-20(24)35-19)8-22(34-2)26(21)36-23(12-27)25(32)13-3-5-15(28)6-4-13/h3-10,19,23,25,27-30,32H,11-12H2,1-2H3/t19?,23-,25-/m0/s1. The molecule has 0 aliphatic carbocycles. The SMILES string of the molecule is COc1cc(C2CC(=O)c3c(O)cc(O)cc3O2)cc(OC)c1O[C@@H](CO)[C@@H](O)c1ccc(O)cc1. The molecule has 0 fully saturated rings. The minimum atomic E-state index is -1.24. The van der Waals surface area contributed by atoms with Crippen molar-refractivity contribution >= 4 is 5.78 Å². The van der Waals surface area contributed by atoms with Gasteiger partial charge in [0.2, 0.25) is 5.75 Å². The molecule has 1 aliphatic rings. The number of phenolic OH excluding ortho intramolecular Hbond substituents is 3. The van der Waals surface area contributed by atoms with Gasteiger partial charge in [0.15, 0.2) is 23.4 Å². The molecule has 0 saturated carbocycles. The lowest BCUT2D eigenvalue weighted by Crippen LogP contribution is -2.29. The fraction of sp³-hybridized carbons (Fsp3) is 0.269. The maximum Gasteiger partial charge on any atom is 0.204 e. The van der Waals surface area contributed by atoms with Crippen LogP contribution in [0.2, 0.25) is 0 Å². The third-order valence-electron chi connectivity index (χ3n) is 5.88. The Morgan fingerprint density at radius 2 is 1.61 bits per heavy atom. The summed E-state index contributed by atoms with van der Waals surface area (Å²) in [6, 6.07) is 11.3. The molecule has 190 valence electrons. The molecule has 1 unspecified atom stereocenters. The second-order valence-electron chi connectivity index (χ2n) is 8.20. The molecule has 1 heterocycles. The first-order chi connectivity index (χ1) is 17.2. The number of fused-ring (bicyclic) bond motifs is 1. The fourth-order valence-electron chi connectivity index (χ4n) is 4.05. The highest BCUT2D eigenvalue weighted by Crippen LogP contribution is 2.46. The zero-order chi connectivity index (χ0) is 26.0. The average Bonchev–Trinajstić information content (AvgIpc) is 2.86. The molecule has 0 bridgehead atoms. The summed E-state index contributed by atoms with van der Waals surface area (Å²) < 4.78 is 22.8. The lowest BCUT2D eigenvalue weighted by atomic mass is 9.95. The summed E-state index contributed by atoms with van der Waals surface area (Å²) in [5, 5.41) is 50.0. The highest BCUT2D eigenvalue weighted by molar-refractivity contribution is 6.02. The fourth-order valence-corrected chi connectivity index (χ4v) is 4.05. The number of Topliss-reactive ketones (excluding diaryl/α,β-unsaturated/α-hetero) is 1. The molecule has 3 atom stereocenters. The van der Waals surface area contributed by atoms with Crippen LogP contribution in [0.5, 0.6) is 40.2 Å². The van der Waals surface area contributed by atoms with E-state index in [1.807, 2.05) is 0 Å². The van der Waals surface area contributed by atoms with Crippen molar-refractivity contribution < 1.29 is 49.3 Å². The molecule has 0 spiro atoms. The summed E-state index contributed by atoms with van der Waals surface area (Å²) in [5.74, 6) is -0.405. The van der Waals surface area contributed by atoms with E-state index in [1.165, 1.54) is 44.6 Å². The third-order valence-corrected chi connectivity index (χ3v) is 5.88. The van der Waals surface area contributed by atoms with Gasteiger partial charge in [0.25, 0.3) is 0 Å². The molecule has 1 aliphatic heterocycles. The highest BCUT2D eigenvalue weighted by Gasteiger charge is 2.33. The predicted octanol–water partition coefficient (Wildman–Crippen LogP) is 3.00. The van der Waals surface area contributed by atoms with E-state index < -0.39 is 24.9 Å². The number of aliphatic hydroxyl groups is 2. The summed E-state index contributed by atoms with van der Waals surface area (Å²) in [6.07, 6.45) is -3.20. The van der Waals surface area contributed by atoms with E-state index in [2.05, 4.69) is 0 Å². The van der Waals surface area contributed by atoms with Crippen molar-refractivity contribution in [3.63, 3.8) is 0 Å². The van der Waals surface area contributed by atoms with Crippen molar-refractivity contribution in [2.75, 3.05) is 20.8 Å². The number of rotatable bonds is 8. The molecule has 4 rings (SSSR count). The second-order valence-corrected chi connectivity index (χ2v) is 8.20. The van der Waals surface area contributed by atoms with Crippen LogP contribution in [0.3, 0.4) is 0 Å². The molecule has 36 heavy (non-hydrogen) atoms. The van der Waals surface area contributed by atoms with Gasteiger partial charge in [0, 0.05) is 17.7 Å². The summed E-state index contributed by atoms with van der Waals surface area (Å²) in [6.45, 7) is -0.542. The molecule has 0 radical (unpaired) electrons. The summed E-state index contributed by atoms with van der Waals surface area (Å²) in [7, 11) is 2.79. The van der Waals surface area contributed by atoms with Crippen LogP contribution < -0.4 is 18.9 Å². The molecular formula is C26H26O10. The summed E-state index contributed by atoms with van der Waals surface area (Å²) in [4.78, 5) is 12.7. The van der Waals surface area contributed by atoms with Crippen LogP contribution in [0, 0.1) is 0 Å². The Morgan fingerprint density at radius 1 is 0.972 bits per heavy atom. The van der Waals surface area contributed by atoms with E-state index in [1.54, 1.807) is 12.1 Å². The van der Waals surface area contributed by atoms with Crippen molar-refractivity contribution in [2.24, 2.45) is 0 Å². The van der Waals surface area contributed by atoms with Crippen LogP contribution in [0.25, 0.3) is 0 Å². The zero-order valence-electron chi connectivity index (χ0n) is 19.5. The number of aliphatic hydroxyl groups excluding tert-OH is 2. The third kappa shape index (κ3) is 4.81. The molecule has 3 aromatic rings. The largest absolute Gasteiger partial charge is 0.508 e. The van der Waals surface area contributed by atoms with Crippen molar-refractivity contribution in [3.05, 3.63) is 65.2 Å². The van der Waals surface area contributed by atoms with Crippen molar-refractivity contribution in [2.45, 2.75) is 24.7 Å². The van der Waals surface area contributed by atoms with Gasteiger partial charge < -0.3 is 44.5 Å². The first-order valence-electron chi connectivity index (χ1n) is 11.0. The van der Waals surface area contributed by atoms with Crippen molar-refractivity contribution in [1.82, 2.24) is 0 Å². The van der Waals surface area contributed by atoms with E-state index >= 15 is 0 Å². The normalized spacial score (nSPS) is 16.4. The van der Waals surface area contributed by atoms with E-state index in [4.69, 9.17) is 18.9 Å². The Labute approximate surface area is 206 Å². The smallest absolute Gasteiger partial charge is 0.204 e. The van der Waals surface area contributed by atoms with E-state index in [9.17, 15) is 30.3 Å². The second kappa shape index (κ2) is 10.2. The lowest BCUT2D eigenvalue weighted by Gasteiger charge is -2.28. The molecule has 0 aromatic heterocycles. The minimum Gasteiger partial charge on any atom is -0.508 e. The minimum absolute atomic E-state index is 0.00283. The highest BCUT2D eigenvalue weighted by atomic mass is 16.6. The van der Waals surface area contributed by atoms with E-state index in [-0.39, 0.29) is 58.0 Å². The average molecular weight is 498 g/mol. The Kier molecular flexibility index (Phi) is 7.09. The number of aromatic hydroxyl groups is 3. The van der Waals surface area contributed by atoms with Crippen LogP contribution in [0.4, 0.5) is 0 Å². The van der Waals surface area contributed by atoms with Crippen molar-refractivity contribution in [3.8, 4) is 40.2 Å². The Morgan fingerprint density at radius 3 is 2.19 bits per heavy atom. The van der Waals surface area contributed by atoms with Gasteiger partial charge in [-0.05, 0) is 29.8 Å². The zero-order valence-corrected chi connectivity index (χ0v) is 19.5. The maximum absolute atomic E-state index is 12.7. The van der Waals surface area contributed by atoms with Gasteiger partial charge in [-0.1, -0.05) is 12.1 Å². The van der Waals surface area contributed by atoms with Gasteiger partial charge in [-0.15, -0.1) is 0 Å². The van der Waals surface area contributed by atoms with Gasteiger partial charge in [-0.3, -0.25) is 4.79 Å². The molecular weight excluding hydrogens is 472 g/mol. The van der Waals surface area contributed by atoms with E-state index in [0.29, 0.717) is 11.1 Å². The summed E-state index contributed by atoms with van der Waals surface area (Å²) >= 11 is 0. The first-order valence-corrected chi connectivity index (χ1v) is 11.0. The van der Waals surface area contributed by atoms with Crippen LogP contribution in [-0.2, 0) is 0 Å². The topological polar surface area (TPSA) is 155 Å². The molecule has 10 nitrogen and oxygen atoms in total. The van der Waals surface area contributed by atoms with Crippen LogP contribution >= 0.6 is 0 Å². The molecule has 0 amide bonds. The number of hydrogen-bond donors (Lipinski definition) is 5. The number of ether oxygens (including phenoxy) is 4. The van der Waals surface area contributed by atoms with Gasteiger partial charge in [-0.2, -0.15) is 0 Å². The number of carbonyl (C=O) groups is 1. The van der Waals surface area contributed by atoms with E-state index in [0.717, 1.165) is 6.07 Å². The molecule has 5 N–H and O–H groups in total. The monoisotopic (exact) mass is 498 g/mol. The Balaban J connectivity index is 1.65. The number of benzene rings is 3. The van der Waals surface area contributed by atoms with Crippen LogP contribution in [-0.4, -0.2) is 58.2 Å². The lowest BCUT2D eigenvalue weighted by molar-refractivity contribution is -0.00171. The maximum atomic E-state index is 12.7. The Hall–Kier alpha value is -4.15. The number of carbonyl (C=O) groups excluding carboxylic acids is 1. The van der Waals surface area contributed by atoms with Gasteiger partial charge in [0.1, 0.15) is 40.8 Å². The molecule has 0 saturated heterocycles. The molecule has 3 aromatic carbocycles. The Bertz CT molecular complexity index is 1230. The quantitative estimate of drug-likeness (QED) is 0.313. The number of hydrogen-bond acceptors (Lipinski definition) is 10.